The summed E-state index contributed by atoms with van der Waals surface area (Å²) < 4.78 is 0. The minimum absolute atomic E-state index is 0.0400. The molecule has 1 saturated heterocycles. The van der Waals surface area contributed by atoms with E-state index in [1.54, 1.807) is 48.5 Å². The molecule has 0 bridgehead atoms. The van der Waals surface area contributed by atoms with Crippen LogP contribution >= 0.6 is 0 Å². The van der Waals surface area contributed by atoms with Crippen molar-refractivity contribution in [2.75, 3.05) is 4.90 Å². The first kappa shape index (κ1) is 14.7. The van der Waals surface area contributed by atoms with Gasteiger partial charge in [-0.1, -0.05) is 36.4 Å². The fraction of sp³-hybridized carbons (Fsp3) is 0.0556. The molecule has 3 rings (SSSR count). The number of hydrogen-bond donors (Lipinski definition) is 1. The average molecular weight is 307 g/mol. The molecule has 0 unspecified atom stereocenters. The third-order valence-corrected chi connectivity index (χ3v) is 3.60. The zero-order valence-corrected chi connectivity index (χ0v) is 12.1. The zero-order valence-electron chi connectivity index (χ0n) is 12.1. The van der Waals surface area contributed by atoms with Crippen LogP contribution in [0, 0.1) is 0 Å². The Balaban J connectivity index is 1.99. The minimum Gasteiger partial charge on any atom is -0.478 e. The fourth-order valence-corrected chi connectivity index (χ4v) is 2.53. The number of aromatic carboxylic acids is 1. The number of para-hydroxylation sites is 1. The summed E-state index contributed by atoms with van der Waals surface area (Å²) in [6, 6.07) is 15.0. The average Bonchev–Trinajstić information content (AvgIpc) is 2.82. The summed E-state index contributed by atoms with van der Waals surface area (Å²) >= 11 is 0. The highest BCUT2D eigenvalue weighted by Gasteiger charge is 2.34. The smallest absolute Gasteiger partial charge is 0.336 e. The molecule has 23 heavy (non-hydrogen) atoms. The quantitative estimate of drug-likeness (QED) is 0.699. The van der Waals surface area contributed by atoms with Crippen molar-refractivity contribution in [1.82, 2.24) is 0 Å². The predicted molar refractivity (Wildman–Crippen MR) is 84.9 cm³/mol. The molecule has 0 spiro atoms. The zero-order chi connectivity index (χ0) is 16.4. The molecule has 0 saturated carbocycles. The summed E-state index contributed by atoms with van der Waals surface area (Å²) in [5, 5.41) is 9.20. The first-order chi connectivity index (χ1) is 11.1. The normalized spacial score (nSPS) is 16.2. The number of carbonyl (C=O) groups is 3. The maximum Gasteiger partial charge on any atom is 0.336 e. The van der Waals surface area contributed by atoms with E-state index < -0.39 is 11.9 Å². The number of rotatable bonds is 3. The van der Waals surface area contributed by atoms with E-state index in [9.17, 15) is 19.5 Å². The predicted octanol–water partition coefficient (Wildman–Crippen LogP) is 2.73. The van der Waals surface area contributed by atoms with Crippen LogP contribution in [0.15, 0.2) is 60.2 Å². The standard InChI is InChI=1S/C18H13NO4/c20-16-11-13(10-12-6-4-5-9-15(12)18(22)23)17(21)19(16)14-7-2-1-3-8-14/h1-10H,11H2,(H,22,23). The third kappa shape index (κ3) is 2.76. The number of nitrogens with zero attached hydrogens (tertiary/aromatic N) is 1. The Morgan fingerprint density at radius 3 is 2.35 bits per heavy atom. The second-order valence-corrected chi connectivity index (χ2v) is 5.11. The summed E-state index contributed by atoms with van der Waals surface area (Å²) in [6.07, 6.45) is 1.44. The van der Waals surface area contributed by atoms with Crippen molar-refractivity contribution in [3.8, 4) is 0 Å². The Morgan fingerprint density at radius 2 is 1.65 bits per heavy atom. The maximum atomic E-state index is 12.5. The molecule has 5 heteroatoms. The van der Waals surface area contributed by atoms with Gasteiger partial charge in [-0.15, -0.1) is 0 Å². The third-order valence-electron chi connectivity index (χ3n) is 3.60. The van der Waals surface area contributed by atoms with Crippen LogP contribution in [0.1, 0.15) is 22.3 Å². The summed E-state index contributed by atoms with van der Waals surface area (Å²) in [5.74, 6) is -1.81. The molecule has 0 atom stereocenters. The molecule has 1 aliphatic heterocycles. The van der Waals surface area contributed by atoms with Crippen LogP contribution in [0.5, 0.6) is 0 Å². The van der Waals surface area contributed by atoms with Gasteiger partial charge in [0.2, 0.25) is 5.91 Å². The van der Waals surface area contributed by atoms with Crippen LogP contribution in [-0.4, -0.2) is 22.9 Å². The Morgan fingerprint density at radius 1 is 1.00 bits per heavy atom. The molecule has 2 aromatic rings. The second kappa shape index (κ2) is 5.88. The van der Waals surface area contributed by atoms with Crippen molar-refractivity contribution >= 4 is 29.5 Å². The molecule has 0 aliphatic carbocycles. The van der Waals surface area contributed by atoms with E-state index in [-0.39, 0.29) is 23.5 Å². The molecule has 0 radical (unpaired) electrons. The number of carboxylic acid groups (broad SMARTS) is 1. The van der Waals surface area contributed by atoms with E-state index in [4.69, 9.17) is 0 Å². The maximum absolute atomic E-state index is 12.5. The lowest BCUT2D eigenvalue weighted by Crippen LogP contribution is -2.28. The van der Waals surface area contributed by atoms with E-state index >= 15 is 0 Å². The van der Waals surface area contributed by atoms with Gasteiger partial charge in [-0.25, -0.2) is 9.69 Å². The Hall–Kier alpha value is -3.21. The van der Waals surface area contributed by atoms with Gasteiger partial charge in [0.15, 0.2) is 0 Å². The molecule has 0 aromatic heterocycles. The van der Waals surface area contributed by atoms with Gasteiger partial charge in [0.05, 0.1) is 17.7 Å². The van der Waals surface area contributed by atoms with E-state index in [1.165, 1.54) is 12.1 Å². The fourth-order valence-electron chi connectivity index (χ4n) is 2.53. The van der Waals surface area contributed by atoms with Crippen LogP contribution in [-0.2, 0) is 9.59 Å². The summed E-state index contributed by atoms with van der Waals surface area (Å²) in [6.45, 7) is 0. The number of carboxylic acids is 1. The van der Waals surface area contributed by atoms with Gasteiger partial charge in [-0.2, -0.15) is 0 Å². The van der Waals surface area contributed by atoms with E-state index in [0.29, 0.717) is 11.3 Å². The topological polar surface area (TPSA) is 74.7 Å². The van der Waals surface area contributed by atoms with Crippen LogP contribution in [0.3, 0.4) is 0 Å². The molecule has 2 amide bonds. The first-order valence-electron chi connectivity index (χ1n) is 7.03. The molecular weight excluding hydrogens is 294 g/mol. The van der Waals surface area contributed by atoms with Crippen molar-refractivity contribution in [3.05, 3.63) is 71.3 Å². The van der Waals surface area contributed by atoms with Crippen LogP contribution in [0.25, 0.3) is 6.08 Å². The summed E-state index contributed by atoms with van der Waals surface area (Å²) in [5.41, 5.74) is 1.30. The monoisotopic (exact) mass is 307 g/mol. The van der Waals surface area contributed by atoms with Gasteiger partial charge in [0.25, 0.3) is 5.91 Å². The lowest BCUT2D eigenvalue weighted by molar-refractivity contribution is -0.120. The largest absolute Gasteiger partial charge is 0.478 e. The Kier molecular flexibility index (Phi) is 3.76. The number of hydrogen-bond acceptors (Lipinski definition) is 3. The van der Waals surface area contributed by atoms with Gasteiger partial charge in [0.1, 0.15) is 0 Å². The van der Waals surface area contributed by atoms with Gasteiger partial charge < -0.3 is 5.11 Å². The number of carbonyl (C=O) groups excluding carboxylic acids is 2. The number of amides is 2. The van der Waals surface area contributed by atoms with Crippen LogP contribution in [0.4, 0.5) is 5.69 Å². The molecule has 1 fully saturated rings. The summed E-state index contributed by atoms with van der Waals surface area (Å²) in [7, 11) is 0. The van der Waals surface area contributed by atoms with Gasteiger partial charge in [-0.05, 0) is 29.8 Å². The van der Waals surface area contributed by atoms with Crippen molar-refractivity contribution in [1.29, 1.82) is 0 Å². The number of benzene rings is 2. The van der Waals surface area contributed by atoms with Crippen molar-refractivity contribution in [2.24, 2.45) is 0 Å². The first-order valence-corrected chi connectivity index (χ1v) is 7.03. The SMILES string of the molecule is O=C(O)c1ccccc1C=C1CC(=O)N(c2ccccc2)C1=O. The molecule has 2 aromatic carbocycles. The van der Waals surface area contributed by atoms with Gasteiger partial charge in [-0.3, -0.25) is 9.59 Å². The molecule has 5 nitrogen and oxygen atoms in total. The lowest BCUT2D eigenvalue weighted by atomic mass is 10.0. The van der Waals surface area contributed by atoms with Crippen LogP contribution < -0.4 is 4.90 Å². The molecule has 1 N–H and O–H groups in total. The van der Waals surface area contributed by atoms with Gasteiger partial charge >= 0.3 is 5.97 Å². The highest BCUT2D eigenvalue weighted by molar-refractivity contribution is 6.29. The lowest BCUT2D eigenvalue weighted by Gasteiger charge is -2.12. The highest BCUT2D eigenvalue weighted by Crippen LogP contribution is 2.27. The molecule has 114 valence electrons. The molecule has 1 heterocycles. The van der Waals surface area contributed by atoms with E-state index in [2.05, 4.69) is 0 Å². The van der Waals surface area contributed by atoms with Gasteiger partial charge in [0, 0.05) is 5.57 Å². The minimum atomic E-state index is -1.07. The Bertz CT molecular complexity index is 824. The van der Waals surface area contributed by atoms with Crippen LogP contribution in [0.2, 0.25) is 0 Å². The number of anilines is 1. The van der Waals surface area contributed by atoms with Crippen molar-refractivity contribution < 1.29 is 19.5 Å². The highest BCUT2D eigenvalue weighted by atomic mass is 16.4. The van der Waals surface area contributed by atoms with Crippen molar-refractivity contribution in [3.63, 3.8) is 0 Å². The summed E-state index contributed by atoms with van der Waals surface area (Å²) in [4.78, 5) is 37.0. The molecule has 1 aliphatic rings. The van der Waals surface area contributed by atoms with E-state index in [1.807, 2.05) is 0 Å². The van der Waals surface area contributed by atoms with Crippen molar-refractivity contribution in [2.45, 2.75) is 6.42 Å². The molecular formula is C18H13NO4. The Labute approximate surface area is 132 Å². The van der Waals surface area contributed by atoms with E-state index in [0.717, 1.165) is 4.90 Å². The number of imide groups is 1. The second-order valence-electron chi connectivity index (χ2n) is 5.11.